The van der Waals surface area contributed by atoms with E-state index in [4.69, 9.17) is 4.74 Å². The number of nitrogens with one attached hydrogen (secondary N) is 3. The lowest BCUT2D eigenvalue weighted by atomic mass is 9.95. The molecule has 0 spiro atoms. The van der Waals surface area contributed by atoms with E-state index in [1.807, 2.05) is 24.3 Å². The van der Waals surface area contributed by atoms with Crippen molar-refractivity contribution in [2.24, 2.45) is 0 Å². The first-order valence-electron chi connectivity index (χ1n) is 7.97. The van der Waals surface area contributed by atoms with Crippen LogP contribution in [0.15, 0.2) is 64.3 Å². The minimum atomic E-state index is -0.558. The zero-order chi connectivity index (χ0) is 18.7. The largest absolute Gasteiger partial charge is 0.497 e. The molecule has 1 aliphatic rings. The van der Waals surface area contributed by atoms with E-state index < -0.39 is 6.04 Å². The Bertz CT molecular complexity index is 878. The molecule has 0 radical (unpaired) electrons. The number of methoxy groups -OCH3 is 1. The van der Waals surface area contributed by atoms with E-state index in [9.17, 15) is 9.59 Å². The van der Waals surface area contributed by atoms with E-state index >= 15 is 0 Å². The summed E-state index contributed by atoms with van der Waals surface area (Å²) in [6.07, 6.45) is 0. The maximum absolute atomic E-state index is 12.9. The molecule has 0 aromatic heterocycles. The highest BCUT2D eigenvalue weighted by Gasteiger charge is 2.32. The SMILES string of the molecule is COc1ccc(NC(=O)C2=C(C)NC(=O)N[C@H]2c2ccccc2Br)cc1. The smallest absolute Gasteiger partial charge is 0.319 e. The highest BCUT2D eigenvalue weighted by atomic mass is 79.9. The molecule has 2 aromatic rings. The fourth-order valence-corrected chi connectivity index (χ4v) is 3.32. The summed E-state index contributed by atoms with van der Waals surface area (Å²) < 4.78 is 5.94. The van der Waals surface area contributed by atoms with Crippen molar-refractivity contribution in [1.29, 1.82) is 0 Å². The Balaban J connectivity index is 1.93. The number of urea groups is 1. The van der Waals surface area contributed by atoms with Crippen molar-refractivity contribution < 1.29 is 14.3 Å². The van der Waals surface area contributed by atoms with E-state index in [0.717, 1.165) is 10.0 Å². The number of ether oxygens (including phenoxy) is 1. The number of anilines is 1. The van der Waals surface area contributed by atoms with Gasteiger partial charge in [-0.05, 0) is 42.8 Å². The van der Waals surface area contributed by atoms with Crippen LogP contribution in [0.3, 0.4) is 0 Å². The van der Waals surface area contributed by atoms with E-state index in [0.29, 0.717) is 22.7 Å². The van der Waals surface area contributed by atoms with Gasteiger partial charge in [-0.25, -0.2) is 4.79 Å². The van der Waals surface area contributed by atoms with Crippen molar-refractivity contribution >= 4 is 33.6 Å². The van der Waals surface area contributed by atoms with Gasteiger partial charge in [0.15, 0.2) is 0 Å². The first-order valence-corrected chi connectivity index (χ1v) is 8.77. The molecule has 1 aliphatic heterocycles. The van der Waals surface area contributed by atoms with Gasteiger partial charge in [0, 0.05) is 15.9 Å². The third kappa shape index (κ3) is 3.72. The molecule has 2 aromatic carbocycles. The van der Waals surface area contributed by atoms with Crippen molar-refractivity contribution in [1.82, 2.24) is 10.6 Å². The van der Waals surface area contributed by atoms with Gasteiger partial charge >= 0.3 is 6.03 Å². The maximum Gasteiger partial charge on any atom is 0.319 e. The molecule has 0 fully saturated rings. The van der Waals surface area contributed by atoms with Gasteiger partial charge < -0.3 is 20.7 Å². The molecule has 1 atom stereocenters. The van der Waals surface area contributed by atoms with Gasteiger partial charge in [-0.2, -0.15) is 0 Å². The summed E-state index contributed by atoms with van der Waals surface area (Å²) in [7, 11) is 1.58. The van der Waals surface area contributed by atoms with E-state index in [2.05, 4.69) is 31.9 Å². The van der Waals surface area contributed by atoms with Gasteiger partial charge in [-0.3, -0.25) is 4.79 Å². The van der Waals surface area contributed by atoms with E-state index in [1.165, 1.54) is 0 Å². The minimum absolute atomic E-state index is 0.291. The normalized spacial score (nSPS) is 16.6. The molecule has 0 saturated carbocycles. The van der Waals surface area contributed by atoms with E-state index in [-0.39, 0.29) is 11.9 Å². The molecule has 0 unspecified atom stereocenters. The molecule has 134 valence electrons. The predicted octanol–water partition coefficient (Wildman–Crippen LogP) is 3.72. The van der Waals surface area contributed by atoms with Crippen LogP contribution >= 0.6 is 15.9 Å². The Morgan fingerprint density at radius 3 is 2.50 bits per heavy atom. The first-order chi connectivity index (χ1) is 12.5. The van der Waals surface area contributed by atoms with Gasteiger partial charge in [-0.1, -0.05) is 34.1 Å². The van der Waals surface area contributed by atoms with Crippen molar-refractivity contribution in [2.75, 3.05) is 12.4 Å². The molecule has 3 N–H and O–H groups in total. The molecule has 0 saturated heterocycles. The summed E-state index contributed by atoms with van der Waals surface area (Å²) in [6, 6.07) is 13.6. The van der Waals surface area contributed by atoms with Crippen LogP contribution < -0.4 is 20.7 Å². The molecular formula is C19H18BrN3O3. The lowest BCUT2D eigenvalue weighted by Gasteiger charge is -2.29. The highest BCUT2D eigenvalue weighted by molar-refractivity contribution is 9.10. The van der Waals surface area contributed by atoms with Crippen LogP contribution in [-0.2, 0) is 4.79 Å². The fraction of sp³-hybridized carbons (Fsp3) is 0.158. The second-order valence-corrected chi connectivity index (χ2v) is 6.63. The number of amides is 3. The lowest BCUT2D eigenvalue weighted by molar-refractivity contribution is -0.113. The summed E-state index contributed by atoms with van der Waals surface area (Å²) in [5.74, 6) is 0.414. The summed E-state index contributed by atoms with van der Waals surface area (Å²) in [5.41, 5.74) is 2.41. The molecule has 26 heavy (non-hydrogen) atoms. The van der Waals surface area contributed by atoms with Crippen molar-refractivity contribution in [3.63, 3.8) is 0 Å². The average molecular weight is 416 g/mol. The third-order valence-electron chi connectivity index (χ3n) is 4.08. The molecule has 0 aliphatic carbocycles. The summed E-state index contributed by atoms with van der Waals surface area (Å²) in [4.78, 5) is 24.9. The Morgan fingerprint density at radius 1 is 1.15 bits per heavy atom. The van der Waals surface area contributed by atoms with Crippen LogP contribution in [0.25, 0.3) is 0 Å². The zero-order valence-electron chi connectivity index (χ0n) is 14.3. The Morgan fingerprint density at radius 2 is 1.85 bits per heavy atom. The standard InChI is InChI=1S/C19H18BrN3O3/c1-11-16(18(24)22-12-7-9-13(26-2)10-8-12)17(23-19(25)21-11)14-5-3-4-6-15(14)20/h3-10,17H,1-2H3,(H,22,24)(H2,21,23,25)/t17-/m0/s1. The second kappa shape index (κ2) is 7.61. The average Bonchev–Trinajstić information content (AvgIpc) is 2.62. The molecular weight excluding hydrogens is 398 g/mol. The molecule has 3 amide bonds. The summed E-state index contributed by atoms with van der Waals surface area (Å²) in [5, 5.41) is 8.36. The van der Waals surface area contributed by atoms with Gasteiger partial charge in [0.05, 0.1) is 18.7 Å². The number of hydrogen-bond donors (Lipinski definition) is 3. The predicted molar refractivity (Wildman–Crippen MR) is 103 cm³/mol. The molecule has 1 heterocycles. The lowest BCUT2D eigenvalue weighted by Crippen LogP contribution is -2.46. The van der Waals surface area contributed by atoms with Crippen LogP contribution in [0.1, 0.15) is 18.5 Å². The van der Waals surface area contributed by atoms with Crippen LogP contribution in [0.5, 0.6) is 5.75 Å². The Hall–Kier alpha value is -2.80. The number of carbonyl (C=O) groups excluding carboxylic acids is 2. The molecule has 6 nitrogen and oxygen atoms in total. The minimum Gasteiger partial charge on any atom is -0.497 e. The first kappa shape index (κ1) is 18.0. The van der Waals surface area contributed by atoms with Gasteiger partial charge in [0.1, 0.15) is 5.75 Å². The van der Waals surface area contributed by atoms with E-state index in [1.54, 1.807) is 38.3 Å². The second-order valence-electron chi connectivity index (χ2n) is 5.77. The fourth-order valence-electron chi connectivity index (χ4n) is 2.81. The van der Waals surface area contributed by atoms with Gasteiger partial charge in [-0.15, -0.1) is 0 Å². The van der Waals surface area contributed by atoms with Gasteiger partial charge in [0.25, 0.3) is 5.91 Å². The highest BCUT2D eigenvalue weighted by Crippen LogP contribution is 2.32. The summed E-state index contributed by atoms with van der Waals surface area (Å²) >= 11 is 3.49. The van der Waals surface area contributed by atoms with Crippen molar-refractivity contribution in [3.05, 3.63) is 69.8 Å². The monoisotopic (exact) mass is 415 g/mol. The van der Waals surface area contributed by atoms with Crippen LogP contribution in [0, 0.1) is 0 Å². The topological polar surface area (TPSA) is 79.5 Å². The van der Waals surface area contributed by atoms with Crippen molar-refractivity contribution in [3.8, 4) is 5.75 Å². The van der Waals surface area contributed by atoms with Crippen LogP contribution in [-0.4, -0.2) is 19.0 Å². The van der Waals surface area contributed by atoms with Gasteiger partial charge in [0.2, 0.25) is 0 Å². The Labute approximate surface area is 159 Å². The number of benzene rings is 2. The number of halogens is 1. The molecule has 7 heteroatoms. The Kier molecular flexibility index (Phi) is 5.27. The maximum atomic E-state index is 12.9. The number of rotatable bonds is 4. The van der Waals surface area contributed by atoms with Crippen molar-refractivity contribution in [2.45, 2.75) is 13.0 Å². The number of allylic oxidation sites excluding steroid dienone is 1. The third-order valence-corrected chi connectivity index (χ3v) is 4.80. The molecule has 3 rings (SSSR count). The zero-order valence-corrected chi connectivity index (χ0v) is 15.9. The quantitative estimate of drug-likeness (QED) is 0.711. The van der Waals surface area contributed by atoms with Crippen LogP contribution in [0.2, 0.25) is 0 Å². The summed E-state index contributed by atoms with van der Waals surface area (Å²) in [6.45, 7) is 1.71. The number of carbonyl (C=O) groups is 2. The number of hydrogen-bond acceptors (Lipinski definition) is 3. The molecule has 0 bridgehead atoms. The van der Waals surface area contributed by atoms with Crippen LogP contribution in [0.4, 0.5) is 10.5 Å².